The third kappa shape index (κ3) is 1.80. The van der Waals surface area contributed by atoms with E-state index in [4.69, 9.17) is 4.74 Å². The summed E-state index contributed by atoms with van der Waals surface area (Å²) < 4.78 is 5.86. The Morgan fingerprint density at radius 1 is 1.35 bits per heavy atom. The van der Waals surface area contributed by atoms with E-state index < -0.39 is 0 Å². The van der Waals surface area contributed by atoms with Crippen LogP contribution in [0.2, 0.25) is 0 Å². The number of hydrogen-bond acceptors (Lipinski definition) is 2. The van der Waals surface area contributed by atoms with Gasteiger partial charge in [0.05, 0.1) is 6.10 Å². The third-order valence-electron chi connectivity index (χ3n) is 4.50. The summed E-state index contributed by atoms with van der Waals surface area (Å²) in [7, 11) is 0. The zero-order valence-corrected chi connectivity index (χ0v) is 10.5. The molecule has 17 heavy (non-hydrogen) atoms. The lowest BCUT2D eigenvalue weighted by Crippen LogP contribution is -2.31. The monoisotopic (exact) mass is 231 g/mol. The van der Waals surface area contributed by atoms with Crippen molar-refractivity contribution in [1.29, 1.82) is 0 Å². The van der Waals surface area contributed by atoms with Crippen LogP contribution in [-0.4, -0.2) is 25.8 Å². The predicted octanol–water partition coefficient (Wildman–Crippen LogP) is 2.34. The molecular weight excluding hydrogens is 210 g/mol. The Morgan fingerprint density at radius 3 is 2.94 bits per heavy atom. The fourth-order valence-electron chi connectivity index (χ4n) is 3.75. The zero-order valence-electron chi connectivity index (χ0n) is 10.5. The minimum atomic E-state index is 0.334. The van der Waals surface area contributed by atoms with Crippen molar-refractivity contribution in [2.24, 2.45) is 5.92 Å². The molecule has 1 N–H and O–H groups in total. The van der Waals surface area contributed by atoms with Crippen molar-refractivity contribution in [3.8, 4) is 0 Å². The topological polar surface area (TPSA) is 21.3 Å². The number of benzene rings is 1. The van der Waals surface area contributed by atoms with Crippen molar-refractivity contribution in [3.63, 3.8) is 0 Å². The molecule has 0 bridgehead atoms. The van der Waals surface area contributed by atoms with Crippen LogP contribution in [-0.2, 0) is 10.2 Å². The summed E-state index contributed by atoms with van der Waals surface area (Å²) in [5, 5.41) is 3.57. The molecule has 2 fully saturated rings. The van der Waals surface area contributed by atoms with Gasteiger partial charge in [0.2, 0.25) is 0 Å². The second-order valence-corrected chi connectivity index (χ2v) is 5.37. The summed E-state index contributed by atoms with van der Waals surface area (Å²) in [5.41, 5.74) is 1.83. The summed E-state index contributed by atoms with van der Waals surface area (Å²) in [5.74, 6) is 0.751. The molecule has 92 valence electrons. The fourth-order valence-corrected chi connectivity index (χ4v) is 3.75. The van der Waals surface area contributed by atoms with Crippen LogP contribution in [0.5, 0.6) is 0 Å². The quantitative estimate of drug-likeness (QED) is 0.862. The molecule has 1 aliphatic heterocycles. The molecule has 0 amide bonds. The van der Waals surface area contributed by atoms with Crippen LogP contribution < -0.4 is 5.32 Å². The van der Waals surface area contributed by atoms with Crippen molar-refractivity contribution in [2.45, 2.75) is 31.3 Å². The summed E-state index contributed by atoms with van der Waals surface area (Å²) in [6.45, 7) is 5.21. The number of fused-ring (bicyclic) bond motifs is 1. The third-order valence-corrected chi connectivity index (χ3v) is 4.50. The van der Waals surface area contributed by atoms with Gasteiger partial charge in [0.25, 0.3) is 0 Å². The lowest BCUT2D eigenvalue weighted by molar-refractivity contribution is 0.0613. The molecule has 3 rings (SSSR count). The Labute approximate surface area is 103 Å². The number of ether oxygens (including phenoxy) is 1. The van der Waals surface area contributed by atoms with Crippen LogP contribution in [0.25, 0.3) is 0 Å². The van der Waals surface area contributed by atoms with Crippen molar-refractivity contribution in [3.05, 3.63) is 35.9 Å². The highest BCUT2D eigenvalue weighted by atomic mass is 16.5. The van der Waals surface area contributed by atoms with Crippen molar-refractivity contribution in [2.75, 3.05) is 19.7 Å². The molecule has 0 radical (unpaired) electrons. The van der Waals surface area contributed by atoms with Gasteiger partial charge in [-0.3, -0.25) is 0 Å². The van der Waals surface area contributed by atoms with Crippen molar-refractivity contribution in [1.82, 2.24) is 5.32 Å². The van der Waals surface area contributed by atoms with Gasteiger partial charge >= 0.3 is 0 Å². The van der Waals surface area contributed by atoms with Crippen LogP contribution in [0.15, 0.2) is 30.3 Å². The van der Waals surface area contributed by atoms with Gasteiger partial charge in [-0.15, -0.1) is 0 Å². The average molecular weight is 231 g/mol. The lowest BCUT2D eigenvalue weighted by Gasteiger charge is -2.29. The number of hydrogen-bond donors (Lipinski definition) is 1. The Balaban J connectivity index is 1.89. The first-order valence-corrected chi connectivity index (χ1v) is 6.73. The highest BCUT2D eigenvalue weighted by Crippen LogP contribution is 2.48. The van der Waals surface area contributed by atoms with E-state index in [1.54, 1.807) is 0 Å². The van der Waals surface area contributed by atoms with Gasteiger partial charge in [0, 0.05) is 18.6 Å². The first-order valence-electron chi connectivity index (χ1n) is 6.73. The van der Waals surface area contributed by atoms with Crippen molar-refractivity contribution < 1.29 is 4.74 Å². The Bertz CT molecular complexity index is 378. The molecule has 0 spiro atoms. The van der Waals surface area contributed by atoms with Gasteiger partial charge in [-0.2, -0.15) is 0 Å². The van der Waals surface area contributed by atoms with Crippen molar-refractivity contribution >= 4 is 0 Å². The van der Waals surface area contributed by atoms with Gasteiger partial charge in [-0.05, 0) is 37.8 Å². The van der Waals surface area contributed by atoms with Crippen LogP contribution in [0, 0.1) is 5.92 Å². The number of rotatable bonds is 3. The van der Waals surface area contributed by atoms with Crippen LogP contribution >= 0.6 is 0 Å². The van der Waals surface area contributed by atoms with E-state index in [2.05, 4.69) is 42.6 Å². The molecule has 0 unspecified atom stereocenters. The van der Waals surface area contributed by atoms with E-state index in [0.717, 1.165) is 25.6 Å². The van der Waals surface area contributed by atoms with Crippen LogP contribution in [0.3, 0.4) is 0 Å². The molecule has 3 atom stereocenters. The van der Waals surface area contributed by atoms with E-state index in [9.17, 15) is 0 Å². The highest BCUT2D eigenvalue weighted by molar-refractivity contribution is 5.31. The van der Waals surface area contributed by atoms with E-state index in [1.807, 2.05) is 0 Å². The maximum atomic E-state index is 5.86. The zero-order chi connectivity index (χ0) is 11.7. The average Bonchev–Trinajstić information content (AvgIpc) is 2.88. The fraction of sp³-hybridized carbons (Fsp3) is 0.600. The molecule has 1 heterocycles. The first kappa shape index (κ1) is 11.2. The smallest absolute Gasteiger partial charge is 0.0587 e. The van der Waals surface area contributed by atoms with E-state index in [0.29, 0.717) is 11.5 Å². The summed E-state index contributed by atoms with van der Waals surface area (Å²) in [4.78, 5) is 0. The molecule has 1 aliphatic carbocycles. The second kappa shape index (κ2) is 4.43. The molecule has 1 saturated heterocycles. The van der Waals surface area contributed by atoms with Crippen LogP contribution in [0.1, 0.15) is 25.3 Å². The van der Waals surface area contributed by atoms with E-state index in [-0.39, 0.29) is 0 Å². The second-order valence-electron chi connectivity index (χ2n) is 5.37. The van der Waals surface area contributed by atoms with E-state index in [1.165, 1.54) is 18.4 Å². The Morgan fingerprint density at radius 2 is 2.18 bits per heavy atom. The molecular formula is C15H21NO. The normalized spacial score (nSPS) is 36.1. The molecule has 0 aromatic heterocycles. The first-order chi connectivity index (χ1) is 8.35. The summed E-state index contributed by atoms with van der Waals surface area (Å²) in [6.07, 6.45) is 2.87. The van der Waals surface area contributed by atoms with Gasteiger partial charge in [-0.1, -0.05) is 30.3 Å². The molecule has 1 aromatic rings. The van der Waals surface area contributed by atoms with Crippen LogP contribution in [0.4, 0.5) is 0 Å². The van der Waals surface area contributed by atoms with Gasteiger partial charge in [-0.25, -0.2) is 0 Å². The lowest BCUT2D eigenvalue weighted by atomic mass is 9.75. The van der Waals surface area contributed by atoms with Gasteiger partial charge < -0.3 is 10.1 Å². The molecule has 2 heteroatoms. The number of nitrogens with one attached hydrogen (secondary N) is 1. The SMILES string of the molecule is CCO[C@@H]1C[C@@H]2CNC[C@]2(c2ccccc2)C1. The minimum Gasteiger partial charge on any atom is -0.378 e. The maximum absolute atomic E-state index is 5.86. The summed E-state index contributed by atoms with van der Waals surface area (Å²) in [6, 6.07) is 11.0. The molecule has 1 saturated carbocycles. The standard InChI is InChI=1S/C15H21NO/c1-2-17-14-8-13-10-16-11-15(13,9-14)12-6-4-3-5-7-12/h3-7,13-14,16H,2,8-11H2,1H3/t13-,14-,15+/m1/s1. The maximum Gasteiger partial charge on any atom is 0.0587 e. The molecule has 2 aliphatic rings. The minimum absolute atomic E-state index is 0.334. The predicted molar refractivity (Wildman–Crippen MR) is 69.1 cm³/mol. The van der Waals surface area contributed by atoms with E-state index >= 15 is 0 Å². The Kier molecular flexibility index (Phi) is 2.93. The Hall–Kier alpha value is -0.860. The van der Waals surface area contributed by atoms with Gasteiger partial charge in [0.15, 0.2) is 0 Å². The highest BCUT2D eigenvalue weighted by Gasteiger charge is 2.51. The molecule has 2 nitrogen and oxygen atoms in total. The summed E-state index contributed by atoms with van der Waals surface area (Å²) >= 11 is 0. The molecule has 1 aromatic carbocycles. The largest absolute Gasteiger partial charge is 0.378 e. The van der Waals surface area contributed by atoms with Gasteiger partial charge in [0.1, 0.15) is 0 Å².